The van der Waals surface area contributed by atoms with E-state index in [4.69, 9.17) is 4.98 Å². The first-order chi connectivity index (χ1) is 20.3. The van der Waals surface area contributed by atoms with Crippen LogP contribution < -0.4 is 10.2 Å². The summed E-state index contributed by atoms with van der Waals surface area (Å²) in [5.41, 5.74) is 9.37. The minimum atomic E-state index is 0.719. The van der Waals surface area contributed by atoms with Gasteiger partial charge in [-0.15, -0.1) is 0 Å². The van der Waals surface area contributed by atoms with Crippen LogP contribution >= 0.6 is 0 Å². The number of likely N-dealkylation sites (tertiary alicyclic amines) is 1. The Labute approximate surface area is 238 Å². The van der Waals surface area contributed by atoms with Crippen LogP contribution in [-0.4, -0.2) is 67.3 Å². The first-order valence-corrected chi connectivity index (χ1v) is 14.9. The number of aromatic amines is 3. The second-order valence-electron chi connectivity index (χ2n) is 11.5. The zero-order chi connectivity index (χ0) is 27.2. The third kappa shape index (κ3) is 4.70. The summed E-state index contributed by atoms with van der Waals surface area (Å²) < 4.78 is 0. The molecule has 2 saturated heterocycles. The second-order valence-corrected chi connectivity index (χ2v) is 11.5. The second kappa shape index (κ2) is 10.2. The first kappa shape index (κ1) is 24.4. The maximum Gasteiger partial charge on any atom is 0.159 e. The molecule has 6 aromatic rings. The van der Waals surface area contributed by atoms with Crippen molar-refractivity contribution >= 4 is 44.3 Å². The van der Waals surface area contributed by atoms with E-state index in [1.165, 1.54) is 56.4 Å². The zero-order valence-electron chi connectivity index (χ0n) is 23.2. The summed E-state index contributed by atoms with van der Waals surface area (Å²) in [6, 6.07) is 20.0. The molecular formula is C32H35N9. The molecule has 2 aliphatic rings. The highest BCUT2D eigenvalue weighted by molar-refractivity contribution is 5.95. The van der Waals surface area contributed by atoms with E-state index < -0.39 is 0 Å². The van der Waals surface area contributed by atoms with Crippen molar-refractivity contribution in [1.82, 2.24) is 35.0 Å². The van der Waals surface area contributed by atoms with Crippen molar-refractivity contribution in [3.05, 3.63) is 66.5 Å². The quantitative estimate of drug-likeness (QED) is 0.203. The molecule has 0 bridgehead atoms. The normalized spacial score (nSPS) is 17.2. The summed E-state index contributed by atoms with van der Waals surface area (Å²) in [4.78, 5) is 21.2. The molecule has 0 amide bonds. The van der Waals surface area contributed by atoms with Crippen molar-refractivity contribution in [1.29, 1.82) is 0 Å². The molecule has 0 radical (unpaired) electrons. The molecule has 0 unspecified atom stereocenters. The molecule has 208 valence electrons. The lowest BCUT2D eigenvalue weighted by Gasteiger charge is -2.41. The SMILES string of the molecule is c1nc2ccc(CNc3ccc4[nH]nc(-c5nc6ccc(N7CCC(N8CCCCC8)CC7)cc6[nH]5)c4c3)cc2[nH]1. The topological polar surface area (TPSA) is 105 Å². The number of fused-ring (bicyclic) bond motifs is 3. The average molecular weight is 546 g/mol. The number of anilines is 2. The van der Waals surface area contributed by atoms with Crippen LogP contribution in [-0.2, 0) is 6.54 Å². The van der Waals surface area contributed by atoms with E-state index in [1.807, 2.05) is 6.07 Å². The van der Waals surface area contributed by atoms with Gasteiger partial charge in [-0.2, -0.15) is 5.10 Å². The van der Waals surface area contributed by atoms with Gasteiger partial charge in [0.25, 0.3) is 0 Å². The lowest BCUT2D eigenvalue weighted by atomic mass is 9.99. The fourth-order valence-corrected chi connectivity index (χ4v) is 6.68. The van der Waals surface area contributed by atoms with E-state index >= 15 is 0 Å². The number of imidazole rings is 2. The molecule has 3 aromatic carbocycles. The van der Waals surface area contributed by atoms with Crippen molar-refractivity contribution < 1.29 is 0 Å². The fraction of sp³-hybridized carbons (Fsp3) is 0.344. The number of H-pyrrole nitrogens is 3. The summed E-state index contributed by atoms with van der Waals surface area (Å²) in [6.07, 6.45) is 8.36. The van der Waals surface area contributed by atoms with Gasteiger partial charge in [-0.1, -0.05) is 12.5 Å². The van der Waals surface area contributed by atoms with Gasteiger partial charge in [0.05, 0.1) is 33.9 Å². The Bertz CT molecular complexity index is 1820. The van der Waals surface area contributed by atoms with Gasteiger partial charge in [0, 0.05) is 42.4 Å². The number of hydrogen-bond donors (Lipinski definition) is 4. The summed E-state index contributed by atoms with van der Waals surface area (Å²) in [5.74, 6) is 0.786. The van der Waals surface area contributed by atoms with Crippen LogP contribution in [0.2, 0.25) is 0 Å². The molecule has 0 atom stereocenters. The van der Waals surface area contributed by atoms with Crippen molar-refractivity contribution in [3.8, 4) is 11.5 Å². The molecule has 41 heavy (non-hydrogen) atoms. The van der Waals surface area contributed by atoms with Gasteiger partial charge >= 0.3 is 0 Å². The Morgan fingerprint density at radius 2 is 1.71 bits per heavy atom. The third-order valence-electron chi connectivity index (χ3n) is 8.97. The van der Waals surface area contributed by atoms with Gasteiger partial charge in [0.15, 0.2) is 5.82 Å². The minimum absolute atomic E-state index is 0.719. The summed E-state index contributed by atoms with van der Waals surface area (Å²) >= 11 is 0. The summed E-state index contributed by atoms with van der Waals surface area (Å²) in [5, 5.41) is 12.4. The molecule has 3 aromatic heterocycles. The van der Waals surface area contributed by atoms with Gasteiger partial charge in [-0.3, -0.25) is 5.10 Å². The van der Waals surface area contributed by atoms with Crippen molar-refractivity contribution in [3.63, 3.8) is 0 Å². The van der Waals surface area contributed by atoms with Crippen LogP contribution in [0.25, 0.3) is 44.5 Å². The average Bonchev–Trinajstić information content (AvgIpc) is 3.77. The predicted molar refractivity (Wildman–Crippen MR) is 165 cm³/mol. The van der Waals surface area contributed by atoms with E-state index in [9.17, 15) is 0 Å². The molecule has 5 heterocycles. The molecule has 0 spiro atoms. The van der Waals surface area contributed by atoms with E-state index in [-0.39, 0.29) is 0 Å². The lowest BCUT2D eigenvalue weighted by Crippen LogP contribution is -2.46. The van der Waals surface area contributed by atoms with Crippen LogP contribution in [0, 0.1) is 0 Å². The van der Waals surface area contributed by atoms with Crippen LogP contribution in [0.5, 0.6) is 0 Å². The van der Waals surface area contributed by atoms with Crippen LogP contribution in [0.1, 0.15) is 37.7 Å². The van der Waals surface area contributed by atoms with Crippen LogP contribution in [0.4, 0.5) is 11.4 Å². The molecule has 0 saturated carbocycles. The number of benzene rings is 3. The molecule has 9 heteroatoms. The van der Waals surface area contributed by atoms with Gasteiger partial charge < -0.3 is 25.1 Å². The van der Waals surface area contributed by atoms with Crippen molar-refractivity contribution in [2.24, 2.45) is 0 Å². The van der Waals surface area contributed by atoms with Gasteiger partial charge in [-0.25, -0.2) is 9.97 Å². The van der Waals surface area contributed by atoms with E-state index in [0.29, 0.717) is 0 Å². The smallest absolute Gasteiger partial charge is 0.159 e. The number of hydrogen-bond acceptors (Lipinski definition) is 6. The van der Waals surface area contributed by atoms with Crippen LogP contribution in [0.3, 0.4) is 0 Å². The Morgan fingerprint density at radius 1 is 0.829 bits per heavy atom. The Kier molecular flexibility index (Phi) is 6.09. The molecular weight excluding hydrogens is 510 g/mol. The van der Waals surface area contributed by atoms with E-state index in [0.717, 1.165) is 75.9 Å². The van der Waals surface area contributed by atoms with Crippen LogP contribution in [0.15, 0.2) is 60.9 Å². The Morgan fingerprint density at radius 3 is 2.61 bits per heavy atom. The number of piperidine rings is 2. The maximum atomic E-state index is 4.92. The predicted octanol–water partition coefficient (Wildman–Crippen LogP) is 6.05. The number of rotatable bonds is 6. The van der Waals surface area contributed by atoms with E-state index in [2.05, 4.69) is 88.8 Å². The minimum Gasteiger partial charge on any atom is -0.381 e. The monoisotopic (exact) mass is 545 g/mol. The van der Waals surface area contributed by atoms with E-state index in [1.54, 1.807) is 6.33 Å². The van der Waals surface area contributed by atoms with Crippen molar-refractivity contribution in [2.45, 2.75) is 44.7 Å². The number of aromatic nitrogens is 6. The zero-order valence-corrected chi connectivity index (χ0v) is 23.2. The standard InChI is InChI=1S/C32H35N9/c1-2-12-40(13-3-1)23-10-14-41(15-11-23)24-6-9-28-30(18-24)37-32(36-28)31-25-17-22(5-8-26(25)38-39-31)33-19-21-4-7-27-29(16-21)35-20-34-27/h4-9,16-18,20,23,33H,1-3,10-15,19H2,(H,34,35)(H,36,37)(H,38,39). The molecule has 8 rings (SSSR count). The summed E-state index contributed by atoms with van der Waals surface area (Å²) in [6.45, 7) is 5.52. The molecule has 0 aliphatic carbocycles. The molecule has 4 N–H and O–H groups in total. The lowest BCUT2D eigenvalue weighted by molar-refractivity contribution is 0.141. The number of nitrogens with one attached hydrogen (secondary N) is 4. The van der Waals surface area contributed by atoms with Gasteiger partial charge in [-0.05, 0) is 92.9 Å². The molecule has 2 fully saturated rings. The van der Waals surface area contributed by atoms with Gasteiger partial charge in [0.2, 0.25) is 0 Å². The largest absolute Gasteiger partial charge is 0.381 e. The highest BCUT2D eigenvalue weighted by Gasteiger charge is 2.26. The Balaban J connectivity index is 0.997. The maximum absolute atomic E-state index is 4.92. The summed E-state index contributed by atoms with van der Waals surface area (Å²) in [7, 11) is 0. The Hall–Kier alpha value is -4.37. The first-order valence-electron chi connectivity index (χ1n) is 14.9. The van der Waals surface area contributed by atoms with Gasteiger partial charge in [0.1, 0.15) is 5.69 Å². The van der Waals surface area contributed by atoms with Crippen molar-refractivity contribution in [2.75, 3.05) is 36.4 Å². The molecule has 2 aliphatic heterocycles. The number of nitrogens with zero attached hydrogens (tertiary/aromatic N) is 5. The third-order valence-corrected chi connectivity index (χ3v) is 8.97. The highest BCUT2D eigenvalue weighted by Crippen LogP contribution is 2.31. The molecule has 9 nitrogen and oxygen atoms in total. The fourth-order valence-electron chi connectivity index (χ4n) is 6.68. The highest BCUT2D eigenvalue weighted by atomic mass is 15.2.